The SMILES string of the molecule is C/C(=N\NC(=O)C(=O)Nc1ccc(C)c(Cl)c1)c1ccccc1. The summed E-state index contributed by atoms with van der Waals surface area (Å²) in [7, 11) is 0. The first-order chi connectivity index (χ1) is 11.0. The molecule has 118 valence electrons. The van der Waals surface area contributed by atoms with Gasteiger partial charge in [-0.15, -0.1) is 0 Å². The molecule has 2 aromatic carbocycles. The zero-order valence-corrected chi connectivity index (χ0v) is 13.5. The number of hydrogen-bond donors (Lipinski definition) is 2. The lowest BCUT2D eigenvalue weighted by Crippen LogP contribution is -2.32. The van der Waals surface area contributed by atoms with Crippen molar-refractivity contribution < 1.29 is 9.59 Å². The van der Waals surface area contributed by atoms with E-state index in [9.17, 15) is 9.59 Å². The molecule has 0 bridgehead atoms. The van der Waals surface area contributed by atoms with Crippen LogP contribution in [0.3, 0.4) is 0 Å². The summed E-state index contributed by atoms with van der Waals surface area (Å²) in [4.78, 5) is 23.6. The van der Waals surface area contributed by atoms with Gasteiger partial charge >= 0.3 is 11.8 Å². The van der Waals surface area contributed by atoms with Crippen LogP contribution < -0.4 is 10.7 Å². The minimum absolute atomic E-state index is 0.449. The van der Waals surface area contributed by atoms with E-state index in [0.717, 1.165) is 11.1 Å². The Labute approximate surface area is 139 Å². The van der Waals surface area contributed by atoms with E-state index < -0.39 is 11.8 Å². The third-order valence-electron chi connectivity index (χ3n) is 3.15. The maximum atomic E-state index is 11.8. The maximum absolute atomic E-state index is 11.8. The number of nitrogens with zero attached hydrogens (tertiary/aromatic N) is 1. The van der Waals surface area contributed by atoms with Crippen LogP contribution in [0.5, 0.6) is 0 Å². The molecule has 0 aromatic heterocycles. The van der Waals surface area contributed by atoms with Crippen molar-refractivity contribution in [2.75, 3.05) is 5.32 Å². The number of anilines is 1. The zero-order valence-electron chi connectivity index (χ0n) is 12.8. The quantitative estimate of drug-likeness (QED) is 0.516. The summed E-state index contributed by atoms with van der Waals surface area (Å²) < 4.78 is 0. The van der Waals surface area contributed by atoms with Crippen molar-refractivity contribution in [2.24, 2.45) is 5.10 Å². The molecule has 0 fully saturated rings. The van der Waals surface area contributed by atoms with E-state index in [1.54, 1.807) is 25.1 Å². The summed E-state index contributed by atoms with van der Waals surface area (Å²) in [6.07, 6.45) is 0. The molecule has 0 saturated carbocycles. The predicted octanol–water partition coefficient (Wildman–Crippen LogP) is 3.13. The Morgan fingerprint density at radius 2 is 1.74 bits per heavy atom. The maximum Gasteiger partial charge on any atom is 0.329 e. The molecular weight excluding hydrogens is 314 g/mol. The molecule has 0 radical (unpaired) electrons. The number of benzene rings is 2. The standard InChI is InChI=1S/C17H16ClN3O2/c1-11-8-9-14(10-15(11)18)19-16(22)17(23)21-20-12(2)13-6-4-3-5-7-13/h3-10H,1-2H3,(H,19,22)(H,21,23)/b20-12+. The Kier molecular flexibility index (Phi) is 5.49. The number of carbonyl (C=O) groups excluding carboxylic acids is 2. The third-order valence-corrected chi connectivity index (χ3v) is 3.56. The highest BCUT2D eigenvalue weighted by molar-refractivity contribution is 6.40. The molecule has 2 N–H and O–H groups in total. The first kappa shape index (κ1) is 16.7. The van der Waals surface area contributed by atoms with Crippen LogP contribution in [0.2, 0.25) is 5.02 Å². The fourth-order valence-electron chi connectivity index (χ4n) is 1.79. The molecule has 6 heteroatoms. The van der Waals surface area contributed by atoms with Crippen LogP contribution in [0, 0.1) is 6.92 Å². The van der Waals surface area contributed by atoms with Gasteiger partial charge in [0.2, 0.25) is 0 Å². The van der Waals surface area contributed by atoms with Gasteiger partial charge in [0, 0.05) is 10.7 Å². The molecule has 5 nitrogen and oxygen atoms in total. The van der Waals surface area contributed by atoms with E-state index in [2.05, 4.69) is 15.8 Å². The molecule has 0 aliphatic rings. The van der Waals surface area contributed by atoms with Gasteiger partial charge < -0.3 is 5.32 Å². The third kappa shape index (κ3) is 4.66. The van der Waals surface area contributed by atoms with Crippen molar-refractivity contribution in [3.63, 3.8) is 0 Å². The van der Waals surface area contributed by atoms with Crippen molar-refractivity contribution in [1.29, 1.82) is 0 Å². The van der Waals surface area contributed by atoms with Gasteiger partial charge in [-0.05, 0) is 37.1 Å². The minimum atomic E-state index is -0.850. The van der Waals surface area contributed by atoms with Gasteiger partial charge in [0.1, 0.15) is 0 Å². The van der Waals surface area contributed by atoms with Crippen LogP contribution in [-0.2, 0) is 9.59 Å². The summed E-state index contributed by atoms with van der Waals surface area (Å²) >= 11 is 5.97. The molecular formula is C17H16ClN3O2. The summed E-state index contributed by atoms with van der Waals surface area (Å²) in [6.45, 7) is 3.59. The summed E-state index contributed by atoms with van der Waals surface area (Å²) in [5, 5.41) is 6.90. The Balaban J connectivity index is 1.97. The Bertz CT molecular complexity index is 758. The average molecular weight is 330 g/mol. The molecule has 0 aliphatic heterocycles. The number of rotatable bonds is 3. The van der Waals surface area contributed by atoms with Gasteiger partial charge in [-0.1, -0.05) is 48.0 Å². The minimum Gasteiger partial charge on any atom is -0.318 e. The van der Waals surface area contributed by atoms with Gasteiger partial charge in [-0.2, -0.15) is 5.10 Å². The largest absolute Gasteiger partial charge is 0.329 e. The van der Waals surface area contributed by atoms with Gasteiger partial charge in [0.05, 0.1) is 5.71 Å². The lowest BCUT2D eigenvalue weighted by atomic mass is 10.1. The summed E-state index contributed by atoms with van der Waals surface area (Å²) in [6, 6.07) is 14.3. The Hall–Kier alpha value is -2.66. The molecule has 0 unspecified atom stereocenters. The highest BCUT2D eigenvalue weighted by Crippen LogP contribution is 2.19. The topological polar surface area (TPSA) is 70.6 Å². The predicted molar refractivity (Wildman–Crippen MR) is 91.6 cm³/mol. The highest BCUT2D eigenvalue weighted by Gasteiger charge is 2.13. The van der Waals surface area contributed by atoms with Crippen molar-refractivity contribution in [1.82, 2.24) is 5.43 Å². The second-order valence-corrected chi connectivity index (χ2v) is 5.33. The lowest BCUT2D eigenvalue weighted by molar-refractivity contribution is -0.136. The number of amides is 2. The van der Waals surface area contributed by atoms with Crippen LogP contribution >= 0.6 is 11.6 Å². The van der Waals surface area contributed by atoms with Gasteiger partial charge in [0.25, 0.3) is 0 Å². The molecule has 0 atom stereocenters. The van der Waals surface area contributed by atoms with Crippen molar-refractivity contribution >= 4 is 34.8 Å². The van der Waals surface area contributed by atoms with Crippen LogP contribution in [0.4, 0.5) is 5.69 Å². The van der Waals surface area contributed by atoms with Crippen molar-refractivity contribution in [2.45, 2.75) is 13.8 Å². The van der Waals surface area contributed by atoms with E-state index in [1.165, 1.54) is 0 Å². The average Bonchev–Trinajstić information content (AvgIpc) is 2.56. The number of hydrazone groups is 1. The normalized spacial score (nSPS) is 11.0. The zero-order chi connectivity index (χ0) is 16.8. The van der Waals surface area contributed by atoms with Crippen LogP contribution in [0.15, 0.2) is 53.6 Å². The molecule has 2 aromatic rings. The Morgan fingerprint density at radius 1 is 1.04 bits per heavy atom. The second-order valence-electron chi connectivity index (χ2n) is 4.92. The summed E-state index contributed by atoms with van der Waals surface area (Å²) in [5.74, 6) is -1.66. The smallest absolute Gasteiger partial charge is 0.318 e. The molecule has 0 saturated heterocycles. The fourth-order valence-corrected chi connectivity index (χ4v) is 1.97. The van der Waals surface area contributed by atoms with E-state index in [1.807, 2.05) is 37.3 Å². The van der Waals surface area contributed by atoms with Crippen molar-refractivity contribution in [3.05, 3.63) is 64.7 Å². The van der Waals surface area contributed by atoms with E-state index in [4.69, 9.17) is 11.6 Å². The van der Waals surface area contributed by atoms with E-state index in [-0.39, 0.29) is 0 Å². The lowest BCUT2D eigenvalue weighted by Gasteiger charge is -2.06. The molecule has 2 amide bonds. The van der Waals surface area contributed by atoms with Gasteiger partial charge in [0.15, 0.2) is 0 Å². The molecule has 23 heavy (non-hydrogen) atoms. The number of aryl methyl sites for hydroxylation is 1. The van der Waals surface area contributed by atoms with Crippen molar-refractivity contribution in [3.8, 4) is 0 Å². The molecule has 0 heterocycles. The summed E-state index contributed by atoms with van der Waals surface area (Å²) in [5.41, 5.74) is 5.03. The van der Waals surface area contributed by atoms with Gasteiger partial charge in [-0.25, -0.2) is 5.43 Å². The fraction of sp³-hybridized carbons (Fsp3) is 0.118. The number of nitrogens with one attached hydrogen (secondary N) is 2. The molecule has 0 spiro atoms. The van der Waals surface area contributed by atoms with Crippen LogP contribution in [0.25, 0.3) is 0 Å². The van der Waals surface area contributed by atoms with Crippen LogP contribution in [0.1, 0.15) is 18.1 Å². The number of carbonyl (C=O) groups is 2. The van der Waals surface area contributed by atoms with E-state index in [0.29, 0.717) is 16.4 Å². The highest BCUT2D eigenvalue weighted by atomic mass is 35.5. The monoisotopic (exact) mass is 329 g/mol. The second kappa shape index (κ2) is 7.56. The number of hydrogen-bond acceptors (Lipinski definition) is 3. The van der Waals surface area contributed by atoms with Crippen LogP contribution in [-0.4, -0.2) is 17.5 Å². The molecule has 2 rings (SSSR count). The van der Waals surface area contributed by atoms with Gasteiger partial charge in [-0.3, -0.25) is 9.59 Å². The Morgan fingerprint density at radius 3 is 2.39 bits per heavy atom. The first-order valence-electron chi connectivity index (χ1n) is 6.94. The first-order valence-corrected chi connectivity index (χ1v) is 7.32. The number of halogens is 1. The molecule has 0 aliphatic carbocycles. The van der Waals surface area contributed by atoms with E-state index >= 15 is 0 Å².